The van der Waals surface area contributed by atoms with E-state index in [4.69, 9.17) is 4.74 Å². The third-order valence-corrected chi connectivity index (χ3v) is 4.78. The zero-order chi connectivity index (χ0) is 16.8. The summed E-state index contributed by atoms with van der Waals surface area (Å²) in [5.41, 5.74) is 0.796. The van der Waals surface area contributed by atoms with Crippen LogP contribution in [0.25, 0.3) is 6.08 Å². The van der Waals surface area contributed by atoms with Gasteiger partial charge in [-0.05, 0) is 43.0 Å². The number of methoxy groups -OCH3 is 1. The maximum absolute atomic E-state index is 12.4. The predicted molar refractivity (Wildman–Crippen MR) is 93.8 cm³/mol. The molecule has 1 aliphatic rings. The second kappa shape index (κ2) is 8.16. The van der Waals surface area contributed by atoms with Crippen LogP contribution in [-0.4, -0.2) is 19.1 Å². The largest absolute Gasteiger partial charge is 0.496 e. The summed E-state index contributed by atoms with van der Waals surface area (Å²) in [5.74, 6) is 0.765. The summed E-state index contributed by atoms with van der Waals surface area (Å²) in [4.78, 5) is 12.4. The van der Waals surface area contributed by atoms with Crippen molar-refractivity contribution in [2.24, 2.45) is 5.92 Å². The van der Waals surface area contributed by atoms with Crippen LogP contribution in [0.3, 0.4) is 0 Å². The molecule has 2 unspecified atom stereocenters. The van der Waals surface area contributed by atoms with Gasteiger partial charge in [0, 0.05) is 16.1 Å². The number of amides is 1. The van der Waals surface area contributed by atoms with E-state index in [1.165, 1.54) is 6.42 Å². The summed E-state index contributed by atoms with van der Waals surface area (Å²) in [5, 5.41) is 12.4. The topological polar surface area (TPSA) is 62.1 Å². The molecule has 0 saturated heterocycles. The molecule has 23 heavy (non-hydrogen) atoms. The van der Waals surface area contributed by atoms with E-state index in [0.29, 0.717) is 17.2 Å². The molecule has 0 bridgehead atoms. The zero-order valence-corrected chi connectivity index (χ0v) is 15.0. The maximum Gasteiger partial charge on any atom is 0.262 e. The van der Waals surface area contributed by atoms with Gasteiger partial charge in [0.05, 0.1) is 7.11 Å². The van der Waals surface area contributed by atoms with Gasteiger partial charge in [-0.25, -0.2) is 0 Å². The van der Waals surface area contributed by atoms with Gasteiger partial charge in [0.25, 0.3) is 5.91 Å². The van der Waals surface area contributed by atoms with Gasteiger partial charge in [-0.15, -0.1) is 0 Å². The van der Waals surface area contributed by atoms with Crippen LogP contribution in [-0.2, 0) is 4.79 Å². The third-order valence-electron chi connectivity index (χ3n) is 4.28. The Kier molecular flexibility index (Phi) is 6.23. The van der Waals surface area contributed by atoms with Gasteiger partial charge in [-0.3, -0.25) is 4.79 Å². The highest BCUT2D eigenvalue weighted by Crippen LogP contribution is 2.26. The maximum atomic E-state index is 12.4. The highest BCUT2D eigenvalue weighted by molar-refractivity contribution is 9.10. The number of nitrogens with one attached hydrogen (secondary N) is 1. The van der Waals surface area contributed by atoms with Gasteiger partial charge in [0.15, 0.2) is 0 Å². The molecule has 1 saturated carbocycles. The number of hydrogen-bond acceptors (Lipinski definition) is 3. The van der Waals surface area contributed by atoms with Gasteiger partial charge in [-0.1, -0.05) is 35.7 Å². The first-order chi connectivity index (χ1) is 11.0. The highest BCUT2D eigenvalue weighted by atomic mass is 79.9. The Bertz CT molecular complexity index is 649. The van der Waals surface area contributed by atoms with Crippen molar-refractivity contribution in [3.8, 4) is 11.8 Å². The highest BCUT2D eigenvalue weighted by Gasteiger charge is 2.24. The van der Waals surface area contributed by atoms with E-state index < -0.39 is 0 Å². The van der Waals surface area contributed by atoms with Crippen molar-refractivity contribution in [1.82, 2.24) is 5.32 Å². The summed E-state index contributed by atoms with van der Waals surface area (Å²) in [6.07, 6.45) is 6.01. The van der Waals surface area contributed by atoms with Crippen molar-refractivity contribution < 1.29 is 9.53 Å². The average molecular weight is 377 g/mol. The van der Waals surface area contributed by atoms with Gasteiger partial charge in [0.1, 0.15) is 17.4 Å². The standard InChI is InChI=1S/C18H21BrN2O2/c1-12-5-3-4-6-16(12)21-18(22)14(11-20)9-13-10-15(19)7-8-17(13)23-2/h7-10,12,16H,3-6H2,1-2H3,(H,21,22)/b14-9+. The number of benzene rings is 1. The smallest absolute Gasteiger partial charge is 0.262 e. The predicted octanol–water partition coefficient (Wildman–Crippen LogP) is 4.06. The van der Waals surface area contributed by atoms with Crippen LogP contribution in [0.15, 0.2) is 28.2 Å². The number of hydrogen-bond donors (Lipinski definition) is 1. The van der Waals surface area contributed by atoms with Crippen LogP contribution in [0.4, 0.5) is 0 Å². The van der Waals surface area contributed by atoms with Crippen molar-refractivity contribution in [1.29, 1.82) is 5.26 Å². The molecule has 0 aliphatic heterocycles. The molecule has 1 amide bonds. The second-order valence-corrected chi connectivity index (χ2v) is 6.81. The number of carbonyl (C=O) groups is 1. The molecule has 122 valence electrons. The van der Waals surface area contributed by atoms with Gasteiger partial charge < -0.3 is 10.1 Å². The second-order valence-electron chi connectivity index (χ2n) is 5.90. The van der Waals surface area contributed by atoms with Crippen LogP contribution in [0.5, 0.6) is 5.75 Å². The molecule has 1 aliphatic carbocycles. The molecule has 5 heteroatoms. The summed E-state index contributed by atoms with van der Waals surface area (Å²) < 4.78 is 6.15. The van der Waals surface area contributed by atoms with E-state index in [1.54, 1.807) is 19.3 Å². The quantitative estimate of drug-likeness (QED) is 0.636. The van der Waals surface area contributed by atoms with E-state index in [-0.39, 0.29) is 17.5 Å². The Morgan fingerprint density at radius 1 is 1.43 bits per heavy atom. The number of halogens is 1. The van der Waals surface area contributed by atoms with Gasteiger partial charge >= 0.3 is 0 Å². The molecular formula is C18H21BrN2O2. The Balaban J connectivity index is 2.20. The normalized spacial score (nSPS) is 21.4. The number of ether oxygens (including phenoxy) is 1. The Morgan fingerprint density at radius 2 is 2.17 bits per heavy atom. The molecule has 2 atom stereocenters. The van der Waals surface area contributed by atoms with Crippen LogP contribution in [0.2, 0.25) is 0 Å². The number of carbonyl (C=O) groups excluding carboxylic acids is 1. The first-order valence-electron chi connectivity index (χ1n) is 7.81. The molecule has 1 aromatic rings. The van der Waals surface area contributed by atoms with Gasteiger partial charge in [0.2, 0.25) is 0 Å². The lowest BCUT2D eigenvalue weighted by Gasteiger charge is -2.29. The Labute approximate surface area is 145 Å². The lowest BCUT2D eigenvalue weighted by molar-refractivity contribution is -0.118. The van der Waals surface area contributed by atoms with Crippen molar-refractivity contribution in [2.75, 3.05) is 7.11 Å². The molecule has 1 N–H and O–H groups in total. The van der Waals surface area contributed by atoms with Crippen LogP contribution in [0.1, 0.15) is 38.2 Å². The number of rotatable bonds is 4. The van der Waals surface area contributed by atoms with Gasteiger partial charge in [-0.2, -0.15) is 5.26 Å². The average Bonchev–Trinajstić information content (AvgIpc) is 2.54. The molecule has 0 heterocycles. The SMILES string of the molecule is COc1ccc(Br)cc1/C=C(\C#N)C(=O)NC1CCCCC1C. The summed E-state index contributed by atoms with van der Waals surface area (Å²) >= 11 is 3.39. The van der Waals surface area contributed by atoms with E-state index in [9.17, 15) is 10.1 Å². The molecule has 1 aromatic carbocycles. The van der Waals surface area contributed by atoms with Crippen molar-refractivity contribution in [3.05, 3.63) is 33.8 Å². The van der Waals surface area contributed by atoms with E-state index in [2.05, 4.69) is 28.2 Å². The number of nitrogens with zero attached hydrogens (tertiary/aromatic N) is 1. The molecule has 4 nitrogen and oxygen atoms in total. The molecule has 0 spiro atoms. The summed E-state index contributed by atoms with van der Waals surface area (Å²) in [7, 11) is 1.57. The molecule has 1 fully saturated rings. The van der Waals surface area contributed by atoms with Crippen molar-refractivity contribution >= 4 is 27.9 Å². The lowest BCUT2D eigenvalue weighted by atomic mass is 9.86. The van der Waals surface area contributed by atoms with Crippen molar-refractivity contribution in [3.63, 3.8) is 0 Å². The Morgan fingerprint density at radius 3 is 2.83 bits per heavy atom. The lowest BCUT2D eigenvalue weighted by Crippen LogP contribution is -2.41. The third kappa shape index (κ3) is 4.59. The first-order valence-corrected chi connectivity index (χ1v) is 8.60. The fourth-order valence-corrected chi connectivity index (χ4v) is 3.28. The van der Waals surface area contributed by atoms with E-state index >= 15 is 0 Å². The fraction of sp³-hybridized carbons (Fsp3) is 0.444. The molecular weight excluding hydrogens is 356 g/mol. The number of nitriles is 1. The van der Waals surface area contributed by atoms with E-state index in [0.717, 1.165) is 23.7 Å². The zero-order valence-electron chi connectivity index (χ0n) is 13.4. The monoisotopic (exact) mass is 376 g/mol. The van der Waals surface area contributed by atoms with Crippen LogP contribution < -0.4 is 10.1 Å². The fourth-order valence-electron chi connectivity index (χ4n) is 2.90. The minimum atomic E-state index is -0.312. The minimum Gasteiger partial charge on any atom is -0.496 e. The van der Waals surface area contributed by atoms with Crippen LogP contribution in [0, 0.1) is 17.2 Å². The Hall–Kier alpha value is -1.80. The van der Waals surface area contributed by atoms with Crippen molar-refractivity contribution in [2.45, 2.75) is 38.6 Å². The van der Waals surface area contributed by atoms with E-state index in [1.807, 2.05) is 18.2 Å². The molecule has 2 rings (SSSR count). The summed E-state index contributed by atoms with van der Waals surface area (Å²) in [6.45, 7) is 2.15. The minimum absolute atomic E-state index is 0.0965. The first kappa shape index (κ1) is 17.6. The van der Waals surface area contributed by atoms with Crippen LogP contribution >= 0.6 is 15.9 Å². The molecule has 0 radical (unpaired) electrons. The summed E-state index contributed by atoms with van der Waals surface area (Å²) in [6, 6.07) is 7.63. The molecule has 0 aromatic heterocycles.